The molecular weight excluding hydrogens is 230 g/mol. The van der Waals surface area contributed by atoms with Crippen molar-refractivity contribution >= 4 is 0 Å². The minimum atomic E-state index is 0.323. The first kappa shape index (κ1) is 12.1. The van der Waals surface area contributed by atoms with Crippen molar-refractivity contribution in [3.63, 3.8) is 0 Å². The molecule has 0 spiro atoms. The molecule has 0 aromatic carbocycles. The second kappa shape index (κ2) is 4.97. The Kier molecular flexibility index (Phi) is 3.35. The van der Waals surface area contributed by atoms with Crippen LogP contribution in [0.1, 0.15) is 50.7 Å². The van der Waals surface area contributed by atoms with Gasteiger partial charge in [-0.15, -0.1) is 0 Å². The number of aromatic nitrogens is 2. The summed E-state index contributed by atoms with van der Waals surface area (Å²) >= 11 is 0. The molecule has 3 unspecified atom stereocenters. The summed E-state index contributed by atoms with van der Waals surface area (Å²) in [7, 11) is 0. The third-order valence-electron chi connectivity index (χ3n) is 3.75. The van der Waals surface area contributed by atoms with Crippen LogP contribution in [0.2, 0.25) is 0 Å². The van der Waals surface area contributed by atoms with Gasteiger partial charge >= 0.3 is 0 Å². The van der Waals surface area contributed by atoms with Crippen LogP contribution in [-0.2, 0) is 11.3 Å². The molecule has 2 bridgehead atoms. The van der Waals surface area contributed by atoms with E-state index in [1.165, 1.54) is 6.42 Å². The lowest BCUT2D eigenvalue weighted by molar-refractivity contribution is 0.0996. The van der Waals surface area contributed by atoms with E-state index in [0.29, 0.717) is 36.5 Å². The van der Waals surface area contributed by atoms with Gasteiger partial charge < -0.3 is 14.6 Å². The summed E-state index contributed by atoms with van der Waals surface area (Å²) in [6, 6.07) is 0. The molecule has 0 amide bonds. The summed E-state index contributed by atoms with van der Waals surface area (Å²) in [5.74, 6) is 2.51. The van der Waals surface area contributed by atoms with Crippen molar-refractivity contribution in [3.8, 4) is 0 Å². The molecule has 5 heteroatoms. The Morgan fingerprint density at radius 1 is 1.39 bits per heavy atom. The molecule has 2 fully saturated rings. The number of nitrogens with zero attached hydrogens (tertiary/aromatic N) is 2. The normalized spacial score (nSPS) is 30.5. The maximum atomic E-state index is 5.82. The second-order valence-electron chi connectivity index (χ2n) is 5.79. The first-order chi connectivity index (χ1) is 8.72. The van der Waals surface area contributed by atoms with Crippen molar-refractivity contribution in [2.24, 2.45) is 5.92 Å². The molecular formula is C13H21N3O2. The van der Waals surface area contributed by atoms with Gasteiger partial charge in [0.25, 0.3) is 0 Å². The second-order valence-corrected chi connectivity index (χ2v) is 5.79. The van der Waals surface area contributed by atoms with Crippen molar-refractivity contribution in [1.82, 2.24) is 15.5 Å². The molecule has 0 aliphatic carbocycles. The molecule has 1 aromatic rings. The van der Waals surface area contributed by atoms with E-state index in [0.717, 1.165) is 25.2 Å². The van der Waals surface area contributed by atoms with Crippen LogP contribution in [0.4, 0.5) is 0 Å². The lowest BCUT2D eigenvalue weighted by atomic mass is 9.89. The number of hydrogen-bond donors (Lipinski definition) is 1. The Balaban J connectivity index is 1.56. The van der Waals surface area contributed by atoms with Gasteiger partial charge in [-0.2, -0.15) is 4.98 Å². The quantitative estimate of drug-likeness (QED) is 0.865. The van der Waals surface area contributed by atoms with Crippen LogP contribution in [0.3, 0.4) is 0 Å². The van der Waals surface area contributed by atoms with E-state index in [-0.39, 0.29) is 0 Å². The molecule has 3 heterocycles. The highest BCUT2D eigenvalue weighted by atomic mass is 16.5. The van der Waals surface area contributed by atoms with Crippen LogP contribution in [0.25, 0.3) is 0 Å². The minimum absolute atomic E-state index is 0.323. The Morgan fingerprint density at radius 2 is 2.28 bits per heavy atom. The largest absolute Gasteiger partial charge is 0.374 e. The van der Waals surface area contributed by atoms with Gasteiger partial charge in [0.15, 0.2) is 5.82 Å². The van der Waals surface area contributed by atoms with Gasteiger partial charge in [0.2, 0.25) is 5.89 Å². The summed E-state index contributed by atoms with van der Waals surface area (Å²) < 4.78 is 11.1. The zero-order chi connectivity index (χ0) is 12.5. The zero-order valence-electron chi connectivity index (χ0n) is 11.1. The first-order valence-electron chi connectivity index (χ1n) is 6.91. The van der Waals surface area contributed by atoms with E-state index in [2.05, 4.69) is 29.3 Å². The van der Waals surface area contributed by atoms with Crippen LogP contribution in [0.5, 0.6) is 0 Å². The van der Waals surface area contributed by atoms with E-state index in [9.17, 15) is 0 Å². The van der Waals surface area contributed by atoms with Crippen molar-refractivity contribution in [3.05, 3.63) is 11.7 Å². The molecule has 1 N–H and O–H groups in total. The van der Waals surface area contributed by atoms with Gasteiger partial charge in [-0.05, 0) is 31.7 Å². The minimum Gasteiger partial charge on any atom is -0.374 e. The van der Waals surface area contributed by atoms with Crippen LogP contribution >= 0.6 is 0 Å². The van der Waals surface area contributed by atoms with E-state index in [1.807, 2.05) is 0 Å². The number of nitrogens with one attached hydrogen (secondary N) is 1. The SMILES string of the molecule is CC(C)CNCc1nc(C2CC3CCC2O3)no1. The van der Waals surface area contributed by atoms with Crippen LogP contribution in [0.15, 0.2) is 4.52 Å². The highest BCUT2D eigenvalue weighted by Gasteiger charge is 2.43. The van der Waals surface area contributed by atoms with Crippen molar-refractivity contribution in [2.45, 2.75) is 57.8 Å². The third-order valence-corrected chi connectivity index (χ3v) is 3.75. The zero-order valence-corrected chi connectivity index (χ0v) is 11.1. The molecule has 0 radical (unpaired) electrons. The Hall–Kier alpha value is -0.940. The van der Waals surface area contributed by atoms with Gasteiger partial charge in [-0.3, -0.25) is 0 Å². The molecule has 2 aliphatic heterocycles. The van der Waals surface area contributed by atoms with Gasteiger partial charge in [-0.1, -0.05) is 19.0 Å². The van der Waals surface area contributed by atoms with Crippen molar-refractivity contribution in [1.29, 1.82) is 0 Å². The average molecular weight is 251 g/mol. The number of hydrogen-bond acceptors (Lipinski definition) is 5. The summed E-state index contributed by atoms with van der Waals surface area (Å²) in [4.78, 5) is 4.49. The van der Waals surface area contributed by atoms with Crippen LogP contribution < -0.4 is 5.32 Å². The molecule has 0 saturated carbocycles. The van der Waals surface area contributed by atoms with E-state index >= 15 is 0 Å². The molecule has 3 rings (SSSR count). The molecule has 18 heavy (non-hydrogen) atoms. The average Bonchev–Trinajstić information content (AvgIpc) is 3.03. The maximum absolute atomic E-state index is 5.82. The summed E-state index contributed by atoms with van der Waals surface area (Å²) in [6.45, 7) is 5.99. The van der Waals surface area contributed by atoms with E-state index in [1.54, 1.807) is 0 Å². The molecule has 2 aliphatic rings. The highest BCUT2D eigenvalue weighted by molar-refractivity contribution is 5.06. The van der Waals surface area contributed by atoms with Crippen molar-refractivity contribution in [2.75, 3.05) is 6.54 Å². The van der Waals surface area contributed by atoms with Crippen LogP contribution in [0, 0.1) is 5.92 Å². The van der Waals surface area contributed by atoms with Crippen LogP contribution in [-0.4, -0.2) is 28.9 Å². The summed E-state index contributed by atoms with van der Waals surface area (Å²) in [5.41, 5.74) is 0. The fraction of sp³-hybridized carbons (Fsp3) is 0.846. The highest BCUT2D eigenvalue weighted by Crippen LogP contribution is 2.43. The number of rotatable bonds is 5. The maximum Gasteiger partial charge on any atom is 0.240 e. The Labute approximate surface area is 107 Å². The molecule has 3 atom stereocenters. The lowest BCUT2D eigenvalue weighted by Crippen LogP contribution is -2.19. The first-order valence-corrected chi connectivity index (χ1v) is 6.91. The Bertz CT molecular complexity index is 405. The molecule has 2 saturated heterocycles. The van der Waals surface area contributed by atoms with Gasteiger partial charge in [0.1, 0.15) is 0 Å². The standard InChI is InChI=1S/C13H21N3O2/c1-8(2)6-14-7-12-15-13(16-18-12)10-5-9-3-4-11(10)17-9/h8-11,14H,3-7H2,1-2H3. The monoisotopic (exact) mass is 251 g/mol. The smallest absolute Gasteiger partial charge is 0.240 e. The number of ether oxygens (including phenoxy) is 1. The molecule has 5 nitrogen and oxygen atoms in total. The summed E-state index contributed by atoms with van der Waals surface area (Å²) in [5, 5.41) is 7.42. The topological polar surface area (TPSA) is 60.2 Å². The summed E-state index contributed by atoms with van der Waals surface area (Å²) in [6.07, 6.45) is 4.15. The van der Waals surface area contributed by atoms with Crippen molar-refractivity contribution < 1.29 is 9.26 Å². The fourth-order valence-corrected chi connectivity index (χ4v) is 2.87. The molecule has 1 aromatic heterocycles. The fourth-order valence-electron chi connectivity index (χ4n) is 2.87. The van der Waals surface area contributed by atoms with Gasteiger partial charge in [0.05, 0.1) is 24.7 Å². The number of fused-ring (bicyclic) bond motifs is 2. The van der Waals surface area contributed by atoms with Gasteiger partial charge in [-0.25, -0.2) is 0 Å². The lowest BCUT2D eigenvalue weighted by Gasteiger charge is -2.13. The van der Waals surface area contributed by atoms with Gasteiger partial charge in [0, 0.05) is 0 Å². The third kappa shape index (κ3) is 2.42. The van der Waals surface area contributed by atoms with E-state index < -0.39 is 0 Å². The Morgan fingerprint density at radius 3 is 2.94 bits per heavy atom. The predicted molar refractivity (Wildman–Crippen MR) is 66.1 cm³/mol. The molecule has 100 valence electrons. The van der Waals surface area contributed by atoms with E-state index in [4.69, 9.17) is 9.26 Å². The predicted octanol–water partition coefficient (Wildman–Crippen LogP) is 1.85.